The summed E-state index contributed by atoms with van der Waals surface area (Å²) >= 11 is 0. The molecule has 3 atom stereocenters. The van der Waals surface area contributed by atoms with Gasteiger partial charge in [-0.25, -0.2) is 0 Å². The highest BCUT2D eigenvalue weighted by atomic mass is 16.5. The minimum absolute atomic E-state index is 0.133. The molecule has 1 saturated carbocycles. The average Bonchev–Trinajstić information content (AvgIpc) is 2.46. The number of hydrogen-bond donors (Lipinski definition) is 1. The quantitative estimate of drug-likeness (QED) is 0.710. The normalized spacial score (nSPS) is 28.6. The molecule has 0 amide bonds. The summed E-state index contributed by atoms with van der Waals surface area (Å²) < 4.78 is 6.39. The molecule has 1 aliphatic carbocycles. The second-order valence-corrected chi connectivity index (χ2v) is 8.32. The van der Waals surface area contributed by atoms with Gasteiger partial charge in [0.15, 0.2) is 0 Å². The molecule has 2 heteroatoms. The van der Waals surface area contributed by atoms with Crippen LogP contribution >= 0.6 is 0 Å². The molecule has 1 N–H and O–H groups in total. The van der Waals surface area contributed by atoms with Crippen molar-refractivity contribution in [3.8, 4) is 11.5 Å². The number of fused-ring (bicyclic) bond motifs is 3. The van der Waals surface area contributed by atoms with Gasteiger partial charge in [-0.1, -0.05) is 33.1 Å². The standard InChI is InChI=1S/C21H32O2/c1-5-6-7-8-15-12-18(22)20-16-11-14(2)9-10-17(16)21(3,4)23-19(20)13-15/h12-14,16-17,22H,5-11H2,1-4H3/t14?,16-,17?/m1/s1. The molecule has 1 aliphatic heterocycles. The number of phenols is 1. The number of unbranched alkanes of at least 4 members (excludes halogenated alkanes) is 2. The molecule has 23 heavy (non-hydrogen) atoms. The summed E-state index contributed by atoms with van der Waals surface area (Å²) in [5.41, 5.74) is 2.17. The summed E-state index contributed by atoms with van der Waals surface area (Å²) in [7, 11) is 0. The topological polar surface area (TPSA) is 29.5 Å². The predicted molar refractivity (Wildman–Crippen MR) is 95.3 cm³/mol. The molecule has 0 radical (unpaired) electrons. The van der Waals surface area contributed by atoms with E-state index < -0.39 is 0 Å². The van der Waals surface area contributed by atoms with Crippen molar-refractivity contribution in [2.24, 2.45) is 11.8 Å². The van der Waals surface area contributed by atoms with Crippen LogP contribution in [-0.2, 0) is 6.42 Å². The van der Waals surface area contributed by atoms with E-state index in [1.807, 2.05) is 6.07 Å². The van der Waals surface area contributed by atoms with E-state index >= 15 is 0 Å². The van der Waals surface area contributed by atoms with Gasteiger partial charge >= 0.3 is 0 Å². The molecule has 0 spiro atoms. The maximum absolute atomic E-state index is 10.7. The maximum atomic E-state index is 10.7. The van der Waals surface area contributed by atoms with Gasteiger partial charge in [0.05, 0.1) is 0 Å². The van der Waals surface area contributed by atoms with Gasteiger partial charge in [-0.3, -0.25) is 0 Å². The molecule has 0 aromatic heterocycles. The highest BCUT2D eigenvalue weighted by molar-refractivity contribution is 5.52. The third-order valence-electron chi connectivity index (χ3n) is 6.00. The number of hydrogen-bond acceptors (Lipinski definition) is 2. The van der Waals surface area contributed by atoms with E-state index in [0.29, 0.717) is 17.6 Å². The summed E-state index contributed by atoms with van der Waals surface area (Å²) in [5, 5.41) is 10.7. The van der Waals surface area contributed by atoms with Crippen LogP contribution in [0.3, 0.4) is 0 Å². The molecule has 1 aromatic carbocycles. The van der Waals surface area contributed by atoms with Crippen LogP contribution in [0.25, 0.3) is 0 Å². The lowest BCUT2D eigenvalue weighted by Gasteiger charge is -2.48. The van der Waals surface area contributed by atoms with Crippen LogP contribution in [-0.4, -0.2) is 10.7 Å². The van der Waals surface area contributed by atoms with Crippen LogP contribution < -0.4 is 4.74 Å². The van der Waals surface area contributed by atoms with E-state index in [1.54, 1.807) is 0 Å². The molecule has 1 fully saturated rings. The largest absolute Gasteiger partial charge is 0.508 e. The van der Waals surface area contributed by atoms with E-state index in [9.17, 15) is 5.11 Å². The van der Waals surface area contributed by atoms with Gasteiger partial charge in [0.25, 0.3) is 0 Å². The molecular weight excluding hydrogens is 284 g/mol. The SMILES string of the molecule is CCCCCc1cc(O)c2c(c1)OC(C)(C)C1CCC(C)C[C@@H]21. The number of aromatic hydroxyl groups is 1. The Balaban J connectivity index is 1.94. The first-order valence-corrected chi connectivity index (χ1v) is 9.47. The smallest absolute Gasteiger partial charge is 0.127 e. The molecular formula is C21H32O2. The van der Waals surface area contributed by atoms with Crippen molar-refractivity contribution in [2.45, 2.75) is 84.2 Å². The van der Waals surface area contributed by atoms with Crippen molar-refractivity contribution in [3.63, 3.8) is 0 Å². The molecule has 1 aromatic rings. The Labute approximate surface area is 141 Å². The van der Waals surface area contributed by atoms with Crippen LogP contribution in [0.1, 0.15) is 83.3 Å². The average molecular weight is 316 g/mol. The third-order valence-corrected chi connectivity index (χ3v) is 6.00. The second kappa shape index (κ2) is 6.37. The van der Waals surface area contributed by atoms with Gasteiger partial charge in [-0.15, -0.1) is 0 Å². The van der Waals surface area contributed by atoms with Crippen molar-refractivity contribution in [1.82, 2.24) is 0 Å². The van der Waals surface area contributed by atoms with E-state index in [-0.39, 0.29) is 5.60 Å². The Morgan fingerprint density at radius 3 is 2.74 bits per heavy atom. The number of rotatable bonds is 4. The zero-order valence-corrected chi connectivity index (χ0v) is 15.2. The van der Waals surface area contributed by atoms with Crippen molar-refractivity contribution in [1.29, 1.82) is 0 Å². The molecule has 2 nitrogen and oxygen atoms in total. The van der Waals surface area contributed by atoms with Crippen LogP contribution in [0.4, 0.5) is 0 Å². The van der Waals surface area contributed by atoms with Gasteiger partial charge < -0.3 is 9.84 Å². The zero-order valence-electron chi connectivity index (χ0n) is 15.2. The molecule has 2 aliphatic rings. The monoisotopic (exact) mass is 316 g/mol. The Kier molecular flexibility index (Phi) is 4.62. The molecule has 0 saturated heterocycles. The van der Waals surface area contributed by atoms with Crippen LogP contribution in [0.5, 0.6) is 11.5 Å². The highest BCUT2D eigenvalue weighted by Crippen LogP contribution is 2.55. The minimum Gasteiger partial charge on any atom is -0.508 e. The van der Waals surface area contributed by atoms with E-state index in [0.717, 1.165) is 23.7 Å². The Morgan fingerprint density at radius 1 is 1.22 bits per heavy atom. The Hall–Kier alpha value is -1.18. The maximum Gasteiger partial charge on any atom is 0.127 e. The molecule has 128 valence electrons. The van der Waals surface area contributed by atoms with Crippen LogP contribution in [0.15, 0.2) is 12.1 Å². The predicted octanol–water partition coefficient (Wildman–Crippen LogP) is 5.82. The molecule has 2 unspecified atom stereocenters. The van der Waals surface area contributed by atoms with Gasteiger partial charge in [0, 0.05) is 11.5 Å². The highest BCUT2D eigenvalue weighted by Gasteiger charge is 2.47. The van der Waals surface area contributed by atoms with Crippen LogP contribution in [0.2, 0.25) is 0 Å². The van der Waals surface area contributed by atoms with Crippen LogP contribution in [0, 0.1) is 11.8 Å². The first-order valence-electron chi connectivity index (χ1n) is 9.47. The lowest BCUT2D eigenvalue weighted by atomic mass is 9.64. The first-order chi connectivity index (χ1) is 10.9. The Morgan fingerprint density at radius 2 is 2.00 bits per heavy atom. The first kappa shape index (κ1) is 16.7. The fraction of sp³-hybridized carbons (Fsp3) is 0.714. The summed E-state index contributed by atoms with van der Waals surface area (Å²) in [4.78, 5) is 0. The molecule has 3 rings (SSSR count). The molecule has 0 bridgehead atoms. The van der Waals surface area contributed by atoms with E-state index in [4.69, 9.17) is 4.74 Å². The number of aryl methyl sites for hydroxylation is 1. The summed E-state index contributed by atoms with van der Waals surface area (Å²) in [6.07, 6.45) is 8.33. The third kappa shape index (κ3) is 3.22. The number of ether oxygens (including phenoxy) is 1. The summed E-state index contributed by atoms with van der Waals surface area (Å²) in [5.74, 6) is 3.11. The minimum atomic E-state index is -0.133. The summed E-state index contributed by atoms with van der Waals surface area (Å²) in [6.45, 7) is 9.02. The van der Waals surface area contributed by atoms with Crippen molar-refractivity contribution >= 4 is 0 Å². The number of phenolic OH excluding ortho intramolecular Hbond substituents is 1. The van der Waals surface area contributed by atoms with E-state index in [1.165, 1.54) is 44.1 Å². The number of benzene rings is 1. The van der Waals surface area contributed by atoms with E-state index in [2.05, 4.69) is 33.8 Å². The van der Waals surface area contributed by atoms with Gasteiger partial charge in [-0.2, -0.15) is 0 Å². The lowest BCUT2D eigenvalue weighted by Crippen LogP contribution is -2.46. The Bertz CT molecular complexity index is 561. The van der Waals surface area contributed by atoms with Gasteiger partial charge in [0.2, 0.25) is 0 Å². The van der Waals surface area contributed by atoms with Crippen molar-refractivity contribution in [2.75, 3.05) is 0 Å². The second-order valence-electron chi connectivity index (χ2n) is 8.32. The fourth-order valence-electron chi connectivity index (χ4n) is 4.74. The van der Waals surface area contributed by atoms with Crippen molar-refractivity contribution < 1.29 is 9.84 Å². The zero-order chi connectivity index (χ0) is 16.6. The van der Waals surface area contributed by atoms with Gasteiger partial charge in [0.1, 0.15) is 17.1 Å². The lowest BCUT2D eigenvalue weighted by molar-refractivity contribution is -0.0145. The molecule has 1 heterocycles. The fourth-order valence-corrected chi connectivity index (χ4v) is 4.74. The van der Waals surface area contributed by atoms with Gasteiger partial charge in [-0.05, 0) is 69.1 Å². The summed E-state index contributed by atoms with van der Waals surface area (Å²) in [6, 6.07) is 4.19. The van der Waals surface area contributed by atoms with Crippen molar-refractivity contribution in [3.05, 3.63) is 23.3 Å².